The maximum atomic E-state index is 10.9. The van der Waals surface area contributed by atoms with Crippen LogP contribution in [0.5, 0.6) is 5.75 Å². The summed E-state index contributed by atoms with van der Waals surface area (Å²) in [5, 5.41) is 15.9. The zero-order valence-electron chi connectivity index (χ0n) is 14.7. The van der Waals surface area contributed by atoms with Crippen molar-refractivity contribution in [2.45, 2.75) is 13.0 Å². The lowest BCUT2D eigenvalue weighted by atomic mass is 9.96. The third kappa shape index (κ3) is 3.57. The van der Waals surface area contributed by atoms with Crippen LogP contribution in [0.4, 0.5) is 5.82 Å². The lowest BCUT2D eigenvalue weighted by Gasteiger charge is -2.22. The van der Waals surface area contributed by atoms with Gasteiger partial charge in [-0.3, -0.25) is 4.98 Å². The average Bonchev–Trinajstić information content (AvgIpc) is 2.67. The van der Waals surface area contributed by atoms with Gasteiger partial charge in [0.05, 0.1) is 6.04 Å². The molecule has 0 bridgehead atoms. The summed E-state index contributed by atoms with van der Waals surface area (Å²) in [5.74, 6) is 0.874. The number of anilines is 1. The number of fused-ring (bicyclic) bond motifs is 1. The standard InChI is InChI=1S/C22H18ClN3O/c1-14-5-2-9-19(25-14)26-20(16-6-3-8-17(23)13-16)18-11-10-15-7-4-12-24-21(15)22(18)27/h2-13,20,27H,1H3,(H,25,26). The van der Waals surface area contributed by atoms with Gasteiger partial charge in [0.15, 0.2) is 0 Å². The van der Waals surface area contributed by atoms with Gasteiger partial charge in [-0.05, 0) is 42.8 Å². The van der Waals surface area contributed by atoms with Crippen molar-refractivity contribution < 1.29 is 5.11 Å². The van der Waals surface area contributed by atoms with Crippen molar-refractivity contribution in [1.29, 1.82) is 0 Å². The van der Waals surface area contributed by atoms with Crippen LogP contribution in [0.1, 0.15) is 22.9 Å². The smallest absolute Gasteiger partial charge is 0.147 e. The first-order valence-corrected chi connectivity index (χ1v) is 9.02. The van der Waals surface area contributed by atoms with E-state index in [2.05, 4.69) is 15.3 Å². The maximum Gasteiger partial charge on any atom is 0.147 e. The number of nitrogens with zero attached hydrogens (tertiary/aromatic N) is 2. The molecule has 0 aliphatic carbocycles. The van der Waals surface area contributed by atoms with Crippen LogP contribution in [0.25, 0.3) is 10.9 Å². The molecular weight excluding hydrogens is 358 g/mol. The van der Waals surface area contributed by atoms with Crippen molar-refractivity contribution >= 4 is 28.3 Å². The number of hydrogen-bond acceptors (Lipinski definition) is 4. The Morgan fingerprint density at radius 1 is 1.00 bits per heavy atom. The SMILES string of the molecule is Cc1cccc(NC(c2cccc(Cl)c2)c2ccc3cccnc3c2O)n1. The minimum absolute atomic E-state index is 0.151. The Bertz CT molecular complexity index is 1110. The quantitative estimate of drug-likeness (QED) is 0.494. The van der Waals surface area contributed by atoms with E-state index in [-0.39, 0.29) is 11.8 Å². The molecule has 1 unspecified atom stereocenters. The largest absolute Gasteiger partial charge is 0.505 e. The van der Waals surface area contributed by atoms with E-state index in [1.807, 2.05) is 73.7 Å². The topological polar surface area (TPSA) is 58.0 Å². The first-order chi connectivity index (χ1) is 13.1. The number of aromatic nitrogens is 2. The van der Waals surface area contributed by atoms with Crippen LogP contribution in [0, 0.1) is 6.92 Å². The molecule has 0 fully saturated rings. The second-order valence-electron chi connectivity index (χ2n) is 6.38. The van der Waals surface area contributed by atoms with Crippen LogP contribution in [0.15, 0.2) is 72.9 Å². The molecule has 0 radical (unpaired) electrons. The first kappa shape index (κ1) is 17.3. The molecule has 0 amide bonds. The van der Waals surface area contributed by atoms with Gasteiger partial charge in [0.2, 0.25) is 0 Å². The molecule has 2 heterocycles. The minimum atomic E-state index is -0.329. The van der Waals surface area contributed by atoms with Crippen molar-refractivity contribution in [1.82, 2.24) is 9.97 Å². The Morgan fingerprint density at radius 2 is 1.85 bits per heavy atom. The van der Waals surface area contributed by atoms with Gasteiger partial charge in [0.25, 0.3) is 0 Å². The molecule has 1 atom stereocenters. The average molecular weight is 376 g/mol. The van der Waals surface area contributed by atoms with E-state index < -0.39 is 0 Å². The summed E-state index contributed by atoms with van der Waals surface area (Å²) in [6, 6.07) is 20.7. The minimum Gasteiger partial charge on any atom is -0.505 e. The summed E-state index contributed by atoms with van der Waals surface area (Å²) in [4.78, 5) is 8.87. The molecule has 2 N–H and O–H groups in total. The van der Waals surface area contributed by atoms with Gasteiger partial charge in [-0.1, -0.05) is 48.0 Å². The molecule has 4 aromatic rings. The molecule has 2 aromatic carbocycles. The number of pyridine rings is 2. The Balaban J connectivity index is 1.86. The van der Waals surface area contributed by atoms with Crippen LogP contribution in [-0.2, 0) is 0 Å². The van der Waals surface area contributed by atoms with E-state index in [0.717, 1.165) is 22.5 Å². The second-order valence-corrected chi connectivity index (χ2v) is 6.81. The molecule has 134 valence electrons. The molecule has 2 aromatic heterocycles. The zero-order valence-corrected chi connectivity index (χ0v) is 15.5. The Morgan fingerprint density at radius 3 is 2.67 bits per heavy atom. The van der Waals surface area contributed by atoms with E-state index in [0.29, 0.717) is 16.1 Å². The number of hydrogen-bond donors (Lipinski definition) is 2. The van der Waals surface area contributed by atoms with Crippen molar-refractivity contribution in [3.63, 3.8) is 0 Å². The number of aryl methyl sites for hydroxylation is 1. The number of phenolic OH excluding ortho intramolecular Hbond substituents is 1. The van der Waals surface area contributed by atoms with E-state index in [4.69, 9.17) is 11.6 Å². The Labute approximate surface area is 162 Å². The van der Waals surface area contributed by atoms with Gasteiger partial charge >= 0.3 is 0 Å². The van der Waals surface area contributed by atoms with Crippen LogP contribution in [0.2, 0.25) is 5.02 Å². The maximum absolute atomic E-state index is 10.9. The van der Waals surface area contributed by atoms with Crippen LogP contribution in [0.3, 0.4) is 0 Å². The van der Waals surface area contributed by atoms with Crippen LogP contribution in [-0.4, -0.2) is 15.1 Å². The summed E-state index contributed by atoms with van der Waals surface area (Å²) >= 11 is 6.22. The normalized spacial score (nSPS) is 12.1. The highest BCUT2D eigenvalue weighted by atomic mass is 35.5. The van der Waals surface area contributed by atoms with Gasteiger partial charge in [-0.25, -0.2) is 4.98 Å². The highest BCUT2D eigenvalue weighted by Gasteiger charge is 2.20. The monoisotopic (exact) mass is 375 g/mol. The fraction of sp³-hybridized carbons (Fsp3) is 0.0909. The number of aromatic hydroxyl groups is 1. The molecule has 0 aliphatic rings. The highest BCUT2D eigenvalue weighted by Crippen LogP contribution is 2.36. The van der Waals surface area contributed by atoms with Gasteiger partial charge in [-0.15, -0.1) is 0 Å². The van der Waals surface area contributed by atoms with E-state index in [1.165, 1.54) is 0 Å². The Kier molecular flexibility index (Phi) is 4.65. The Hall–Kier alpha value is -3.11. The number of phenols is 1. The molecule has 0 saturated carbocycles. The fourth-order valence-corrected chi connectivity index (χ4v) is 3.38. The van der Waals surface area contributed by atoms with E-state index >= 15 is 0 Å². The predicted octanol–water partition coefficient (Wildman–Crippen LogP) is 5.50. The third-order valence-corrected chi connectivity index (χ3v) is 4.69. The van der Waals surface area contributed by atoms with Gasteiger partial charge in [0, 0.05) is 27.9 Å². The predicted molar refractivity (Wildman–Crippen MR) is 109 cm³/mol. The molecule has 0 saturated heterocycles. The number of rotatable bonds is 4. The number of halogens is 1. The lowest BCUT2D eigenvalue weighted by Crippen LogP contribution is -2.14. The third-order valence-electron chi connectivity index (χ3n) is 4.45. The molecule has 0 aliphatic heterocycles. The summed E-state index contributed by atoms with van der Waals surface area (Å²) in [7, 11) is 0. The molecule has 27 heavy (non-hydrogen) atoms. The van der Waals surface area contributed by atoms with Crippen molar-refractivity contribution in [3.05, 3.63) is 94.8 Å². The van der Waals surface area contributed by atoms with Crippen molar-refractivity contribution in [2.24, 2.45) is 0 Å². The molecule has 4 nitrogen and oxygen atoms in total. The van der Waals surface area contributed by atoms with Gasteiger partial charge in [0.1, 0.15) is 17.1 Å². The van der Waals surface area contributed by atoms with Crippen LogP contribution < -0.4 is 5.32 Å². The first-order valence-electron chi connectivity index (χ1n) is 8.64. The molecular formula is C22H18ClN3O. The van der Waals surface area contributed by atoms with E-state index in [1.54, 1.807) is 6.20 Å². The van der Waals surface area contributed by atoms with Crippen LogP contribution >= 0.6 is 11.6 Å². The molecule has 0 spiro atoms. The summed E-state index contributed by atoms with van der Waals surface area (Å²) in [6.07, 6.45) is 1.68. The number of nitrogens with one attached hydrogen (secondary N) is 1. The fourth-order valence-electron chi connectivity index (χ4n) is 3.18. The summed E-state index contributed by atoms with van der Waals surface area (Å²) in [6.45, 7) is 1.94. The molecule has 5 heteroatoms. The second kappa shape index (κ2) is 7.25. The summed E-state index contributed by atoms with van der Waals surface area (Å²) < 4.78 is 0. The van der Waals surface area contributed by atoms with Crippen molar-refractivity contribution in [3.8, 4) is 5.75 Å². The molecule has 4 rings (SSSR count). The summed E-state index contributed by atoms with van der Waals surface area (Å²) in [5.41, 5.74) is 3.12. The van der Waals surface area contributed by atoms with Gasteiger partial charge in [-0.2, -0.15) is 0 Å². The highest BCUT2D eigenvalue weighted by molar-refractivity contribution is 6.30. The number of benzene rings is 2. The van der Waals surface area contributed by atoms with Crippen molar-refractivity contribution in [2.75, 3.05) is 5.32 Å². The van der Waals surface area contributed by atoms with Gasteiger partial charge < -0.3 is 10.4 Å². The van der Waals surface area contributed by atoms with E-state index in [9.17, 15) is 5.11 Å². The lowest BCUT2D eigenvalue weighted by molar-refractivity contribution is 0.471. The zero-order chi connectivity index (χ0) is 18.8.